The molecule has 0 amide bonds. The Morgan fingerprint density at radius 3 is 0.479 bits per heavy atom. The molecule has 0 fully saturated rings. The number of hydrogen-bond donors (Lipinski definition) is 0. The molecule has 16 aromatic rings. The smallest absolute Gasteiger partial charge is 0.0468 e. The van der Waals surface area contributed by atoms with Crippen molar-refractivity contribution in [3.05, 3.63) is 375 Å². The standard InChI is InChI=1S/C90H66N4/c1-63-19-39-79(40-20-63)91(83-47-27-71(28-48-83)73-31-51-85(52-32-73)93(87-55-35-65-11-3-7-15-75(65)59-87)88-56-36-66-12-4-8-16-76(66)60-88)81-43-23-69(24-44-81)70-25-45-82(46-26-70)92(80-41-21-64(2)22-42-80)84-49-29-72(30-50-84)74-33-53-86(54-34-74)94(89-57-37-67-13-5-9-17-77(67)61-89)90-58-38-68-14-6-10-18-78(68)62-90/h3-62H,1-2H3. The van der Waals surface area contributed by atoms with Gasteiger partial charge in [0, 0.05) is 68.2 Å². The van der Waals surface area contributed by atoms with Gasteiger partial charge in [0.05, 0.1) is 0 Å². The number of rotatable bonds is 15. The fraction of sp³-hybridized carbons (Fsp3) is 0.0222. The first kappa shape index (κ1) is 57.0. The van der Waals surface area contributed by atoms with Crippen LogP contribution in [0.2, 0.25) is 0 Å². The van der Waals surface area contributed by atoms with Gasteiger partial charge in [-0.05, 0) is 236 Å². The van der Waals surface area contributed by atoms with Gasteiger partial charge in [0.25, 0.3) is 0 Å². The van der Waals surface area contributed by atoms with E-state index in [9.17, 15) is 0 Å². The average Bonchev–Trinajstić information content (AvgIpc) is 0.923. The molecule has 446 valence electrons. The molecule has 0 radical (unpaired) electrons. The van der Waals surface area contributed by atoms with E-state index in [-0.39, 0.29) is 0 Å². The monoisotopic (exact) mass is 1200 g/mol. The largest absolute Gasteiger partial charge is 0.311 e. The molecule has 94 heavy (non-hydrogen) atoms. The van der Waals surface area contributed by atoms with Crippen molar-refractivity contribution in [3.8, 4) is 33.4 Å². The number of aryl methyl sites for hydroxylation is 2. The van der Waals surface area contributed by atoms with Crippen LogP contribution in [-0.4, -0.2) is 0 Å². The van der Waals surface area contributed by atoms with Crippen LogP contribution in [0.4, 0.5) is 68.2 Å². The molecule has 0 aliphatic carbocycles. The van der Waals surface area contributed by atoms with Gasteiger partial charge in [-0.3, -0.25) is 0 Å². The van der Waals surface area contributed by atoms with Crippen LogP contribution in [0.5, 0.6) is 0 Å². The molecule has 4 nitrogen and oxygen atoms in total. The van der Waals surface area contributed by atoms with Crippen LogP contribution in [0.1, 0.15) is 11.1 Å². The SMILES string of the molecule is Cc1ccc(N(c2ccc(-c3ccc(N(c4ccc(C)cc4)c4ccc(-c5ccc(N(c6ccc7ccccc7c6)c6ccc7ccccc7c6)cc5)cc4)cc3)cc2)c2ccc(-c3ccc(N(c4ccc5ccccc5c4)c4ccc5ccccc5c4)cc3)cc2)cc1. The molecular weight excluding hydrogens is 1140 g/mol. The summed E-state index contributed by atoms with van der Waals surface area (Å²) in [7, 11) is 0. The van der Waals surface area contributed by atoms with Gasteiger partial charge in [-0.2, -0.15) is 0 Å². The third-order valence-electron chi connectivity index (χ3n) is 18.3. The minimum Gasteiger partial charge on any atom is -0.311 e. The lowest BCUT2D eigenvalue weighted by Crippen LogP contribution is -2.10. The molecule has 4 heteroatoms. The predicted octanol–water partition coefficient (Wildman–Crippen LogP) is 25.8. The Labute approximate surface area is 550 Å². The van der Waals surface area contributed by atoms with Gasteiger partial charge in [-0.25, -0.2) is 0 Å². The number of fused-ring (bicyclic) bond motifs is 4. The summed E-state index contributed by atoms with van der Waals surface area (Å²) in [5, 5.41) is 9.74. The minimum absolute atomic E-state index is 1.08. The Morgan fingerprint density at radius 2 is 0.287 bits per heavy atom. The Balaban J connectivity index is 0.651. The number of nitrogens with zero attached hydrogens (tertiary/aromatic N) is 4. The molecule has 0 unspecified atom stereocenters. The van der Waals surface area contributed by atoms with Crippen molar-refractivity contribution >= 4 is 111 Å². The van der Waals surface area contributed by atoms with E-state index in [0.717, 1.165) is 102 Å². The van der Waals surface area contributed by atoms with Crippen molar-refractivity contribution in [2.45, 2.75) is 13.8 Å². The van der Waals surface area contributed by atoms with Crippen LogP contribution in [-0.2, 0) is 0 Å². The van der Waals surface area contributed by atoms with Gasteiger partial charge in [0.1, 0.15) is 0 Å². The molecule has 16 aromatic carbocycles. The second-order valence-corrected chi connectivity index (χ2v) is 24.4. The molecule has 0 N–H and O–H groups in total. The van der Waals surface area contributed by atoms with Crippen molar-refractivity contribution in [2.75, 3.05) is 19.6 Å². The van der Waals surface area contributed by atoms with Crippen molar-refractivity contribution in [2.24, 2.45) is 0 Å². The summed E-state index contributed by atoms with van der Waals surface area (Å²) in [4.78, 5) is 9.42. The zero-order valence-electron chi connectivity index (χ0n) is 52.4. The van der Waals surface area contributed by atoms with Gasteiger partial charge in [0.15, 0.2) is 0 Å². The van der Waals surface area contributed by atoms with Gasteiger partial charge in [0.2, 0.25) is 0 Å². The number of benzene rings is 16. The van der Waals surface area contributed by atoms with Crippen molar-refractivity contribution in [3.63, 3.8) is 0 Å². The second-order valence-electron chi connectivity index (χ2n) is 24.4. The van der Waals surface area contributed by atoms with E-state index in [1.807, 2.05) is 0 Å². The zero-order valence-corrected chi connectivity index (χ0v) is 52.4. The van der Waals surface area contributed by atoms with E-state index in [0.29, 0.717) is 0 Å². The maximum absolute atomic E-state index is 2.36. The van der Waals surface area contributed by atoms with E-state index in [1.165, 1.54) is 54.2 Å². The van der Waals surface area contributed by atoms with E-state index in [1.54, 1.807) is 0 Å². The molecule has 0 aliphatic heterocycles. The first-order valence-electron chi connectivity index (χ1n) is 32.3. The molecular formula is C90H66N4. The van der Waals surface area contributed by atoms with Gasteiger partial charge in [-0.1, -0.05) is 230 Å². The van der Waals surface area contributed by atoms with Crippen LogP contribution in [0.15, 0.2) is 364 Å². The Hall–Kier alpha value is -12.2. The third-order valence-corrected chi connectivity index (χ3v) is 18.3. The molecule has 0 saturated heterocycles. The summed E-state index contributed by atoms with van der Waals surface area (Å²) in [5.41, 5.74) is 22.5. The molecule has 0 aromatic heterocycles. The van der Waals surface area contributed by atoms with Crippen molar-refractivity contribution in [1.29, 1.82) is 0 Å². The molecule has 0 atom stereocenters. The average molecular weight is 1200 g/mol. The van der Waals surface area contributed by atoms with E-state index in [2.05, 4.69) is 397 Å². The lowest BCUT2D eigenvalue weighted by molar-refractivity contribution is 1.27. The highest BCUT2D eigenvalue weighted by molar-refractivity contribution is 5.95. The molecule has 0 aliphatic rings. The highest BCUT2D eigenvalue weighted by atomic mass is 15.2. The first-order valence-corrected chi connectivity index (χ1v) is 32.3. The van der Waals surface area contributed by atoms with Crippen LogP contribution >= 0.6 is 0 Å². The highest BCUT2D eigenvalue weighted by Crippen LogP contribution is 2.44. The van der Waals surface area contributed by atoms with Gasteiger partial charge >= 0.3 is 0 Å². The summed E-state index contributed by atoms with van der Waals surface area (Å²) in [6.07, 6.45) is 0. The highest BCUT2D eigenvalue weighted by Gasteiger charge is 2.20. The summed E-state index contributed by atoms with van der Waals surface area (Å²) < 4.78 is 0. The van der Waals surface area contributed by atoms with E-state index in [4.69, 9.17) is 0 Å². The van der Waals surface area contributed by atoms with Gasteiger partial charge in [-0.15, -0.1) is 0 Å². The lowest BCUT2D eigenvalue weighted by Gasteiger charge is -2.27. The Bertz CT molecular complexity index is 4860. The normalized spacial score (nSPS) is 11.3. The minimum atomic E-state index is 1.08. The van der Waals surface area contributed by atoms with E-state index >= 15 is 0 Å². The quantitative estimate of drug-likeness (QED) is 0.101. The Kier molecular flexibility index (Phi) is 15.1. The summed E-state index contributed by atoms with van der Waals surface area (Å²) in [5.74, 6) is 0. The Morgan fingerprint density at radius 1 is 0.138 bits per heavy atom. The predicted molar refractivity (Wildman–Crippen MR) is 401 cm³/mol. The fourth-order valence-corrected chi connectivity index (χ4v) is 13.3. The lowest BCUT2D eigenvalue weighted by atomic mass is 10.0. The second kappa shape index (κ2) is 24.9. The number of hydrogen-bond acceptors (Lipinski definition) is 4. The maximum Gasteiger partial charge on any atom is 0.0468 e. The number of anilines is 12. The molecule has 0 heterocycles. The summed E-state index contributed by atoms with van der Waals surface area (Å²) in [6.45, 7) is 4.28. The fourth-order valence-electron chi connectivity index (χ4n) is 13.3. The molecule has 16 rings (SSSR count). The molecule has 0 spiro atoms. The maximum atomic E-state index is 2.36. The van der Waals surface area contributed by atoms with Crippen LogP contribution < -0.4 is 19.6 Å². The topological polar surface area (TPSA) is 13.0 Å². The van der Waals surface area contributed by atoms with Crippen molar-refractivity contribution in [1.82, 2.24) is 0 Å². The summed E-state index contributed by atoms with van der Waals surface area (Å²) >= 11 is 0. The van der Waals surface area contributed by atoms with Crippen LogP contribution in [0.25, 0.3) is 76.5 Å². The summed E-state index contributed by atoms with van der Waals surface area (Å²) in [6, 6.07) is 133. The molecule has 0 bridgehead atoms. The third kappa shape index (κ3) is 11.5. The van der Waals surface area contributed by atoms with Crippen LogP contribution in [0, 0.1) is 13.8 Å². The van der Waals surface area contributed by atoms with Crippen LogP contribution in [0.3, 0.4) is 0 Å². The molecule has 0 saturated carbocycles. The first-order chi connectivity index (χ1) is 46.3. The van der Waals surface area contributed by atoms with Gasteiger partial charge < -0.3 is 19.6 Å². The van der Waals surface area contributed by atoms with E-state index < -0.39 is 0 Å². The zero-order chi connectivity index (χ0) is 62.9. The van der Waals surface area contributed by atoms with Crippen molar-refractivity contribution < 1.29 is 0 Å².